The molecule has 26 heavy (non-hydrogen) atoms. The molecule has 1 heterocycles. The Kier molecular flexibility index (Phi) is 5.69. The summed E-state index contributed by atoms with van der Waals surface area (Å²) >= 11 is 1.47. The van der Waals surface area contributed by atoms with Gasteiger partial charge in [0.2, 0.25) is 0 Å². The smallest absolute Gasteiger partial charge is 0.348 e. The third kappa shape index (κ3) is 4.12. The van der Waals surface area contributed by atoms with E-state index in [1.54, 1.807) is 24.3 Å². The number of ether oxygens (including phenoxy) is 1. The Morgan fingerprint density at radius 2 is 2.19 bits per heavy atom. The molecular weight excluding hydrogens is 348 g/mol. The summed E-state index contributed by atoms with van der Waals surface area (Å²) in [5.74, 6) is -0.249. The summed E-state index contributed by atoms with van der Waals surface area (Å²) in [6.45, 7) is 1.82. The van der Waals surface area contributed by atoms with Gasteiger partial charge in [0, 0.05) is 4.88 Å². The van der Waals surface area contributed by atoms with E-state index in [4.69, 9.17) is 10.00 Å². The highest BCUT2D eigenvalue weighted by molar-refractivity contribution is 7.14. The van der Waals surface area contributed by atoms with Crippen molar-refractivity contribution in [3.05, 3.63) is 51.2 Å². The van der Waals surface area contributed by atoms with Gasteiger partial charge in [-0.2, -0.15) is 5.26 Å². The minimum atomic E-state index is -0.471. The maximum atomic E-state index is 12.2. The number of para-hydroxylation sites is 1. The first-order chi connectivity index (χ1) is 12.6. The van der Waals surface area contributed by atoms with E-state index in [2.05, 4.69) is 12.2 Å². The lowest BCUT2D eigenvalue weighted by Crippen LogP contribution is -2.21. The van der Waals surface area contributed by atoms with Crippen molar-refractivity contribution < 1.29 is 14.3 Å². The zero-order chi connectivity index (χ0) is 18.5. The largest absolute Gasteiger partial charge is 0.451 e. The number of anilines is 1. The maximum absolute atomic E-state index is 12.2. The summed E-state index contributed by atoms with van der Waals surface area (Å²) in [4.78, 5) is 26.1. The number of hydrogen-bond acceptors (Lipinski definition) is 5. The zero-order valence-electron chi connectivity index (χ0n) is 14.6. The molecule has 0 saturated carbocycles. The molecule has 0 spiro atoms. The van der Waals surface area contributed by atoms with Gasteiger partial charge in [-0.1, -0.05) is 25.5 Å². The Morgan fingerprint density at radius 1 is 1.38 bits per heavy atom. The highest BCUT2D eigenvalue weighted by Crippen LogP contribution is 2.33. The van der Waals surface area contributed by atoms with Crippen molar-refractivity contribution in [2.45, 2.75) is 32.6 Å². The number of nitriles is 1. The average molecular weight is 368 g/mol. The molecule has 1 aliphatic carbocycles. The van der Waals surface area contributed by atoms with Crippen molar-refractivity contribution in [1.29, 1.82) is 5.26 Å². The monoisotopic (exact) mass is 368 g/mol. The van der Waals surface area contributed by atoms with Gasteiger partial charge >= 0.3 is 5.97 Å². The second-order valence-corrected chi connectivity index (χ2v) is 7.49. The van der Waals surface area contributed by atoms with E-state index < -0.39 is 11.9 Å². The van der Waals surface area contributed by atoms with Gasteiger partial charge < -0.3 is 10.1 Å². The fraction of sp³-hybridized carbons (Fsp3) is 0.350. The number of carbonyl (C=O) groups excluding carboxylic acids is 2. The topological polar surface area (TPSA) is 79.2 Å². The van der Waals surface area contributed by atoms with Crippen LogP contribution in [-0.2, 0) is 22.4 Å². The van der Waals surface area contributed by atoms with E-state index >= 15 is 0 Å². The van der Waals surface area contributed by atoms with Crippen molar-refractivity contribution in [3.8, 4) is 6.07 Å². The highest BCUT2D eigenvalue weighted by atomic mass is 32.1. The fourth-order valence-corrected chi connectivity index (χ4v) is 4.23. The molecular formula is C20H20N2O3S. The van der Waals surface area contributed by atoms with Crippen LogP contribution in [0.2, 0.25) is 0 Å². The molecule has 0 saturated heterocycles. The number of benzene rings is 1. The van der Waals surface area contributed by atoms with Gasteiger partial charge in [0.1, 0.15) is 10.9 Å². The quantitative estimate of drug-likeness (QED) is 0.811. The van der Waals surface area contributed by atoms with Crippen LogP contribution in [0.1, 0.15) is 45.4 Å². The van der Waals surface area contributed by atoms with Crippen molar-refractivity contribution >= 4 is 28.9 Å². The summed E-state index contributed by atoms with van der Waals surface area (Å²) in [7, 11) is 0. The van der Waals surface area contributed by atoms with Crippen LogP contribution in [0, 0.1) is 17.2 Å². The molecule has 1 atom stereocenters. The number of nitrogens with zero attached hydrogens (tertiary/aromatic N) is 1. The SMILES string of the molecule is CCC1CCc2sc(C(=O)OCC(=O)Nc3ccccc3C#N)cc2C1. The van der Waals surface area contributed by atoms with Gasteiger partial charge in [-0.15, -0.1) is 11.3 Å². The minimum absolute atomic E-state index is 0.364. The number of nitrogens with one attached hydrogen (secondary N) is 1. The molecule has 0 bridgehead atoms. The molecule has 1 N–H and O–H groups in total. The van der Waals surface area contributed by atoms with Crippen molar-refractivity contribution in [2.75, 3.05) is 11.9 Å². The van der Waals surface area contributed by atoms with Crippen LogP contribution < -0.4 is 5.32 Å². The van der Waals surface area contributed by atoms with Crippen LogP contribution in [0.15, 0.2) is 30.3 Å². The van der Waals surface area contributed by atoms with Gasteiger partial charge in [0.15, 0.2) is 6.61 Å². The van der Waals surface area contributed by atoms with Gasteiger partial charge in [0.25, 0.3) is 5.91 Å². The van der Waals surface area contributed by atoms with E-state index in [0.29, 0.717) is 22.0 Å². The van der Waals surface area contributed by atoms with Crippen LogP contribution in [0.5, 0.6) is 0 Å². The highest BCUT2D eigenvalue weighted by Gasteiger charge is 2.23. The van der Waals surface area contributed by atoms with E-state index in [1.165, 1.54) is 28.2 Å². The maximum Gasteiger partial charge on any atom is 0.348 e. The fourth-order valence-electron chi connectivity index (χ4n) is 3.13. The summed E-state index contributed by atoms with van der Waals surface area (Å²) in [6.07, 6.45) is 4.34. The van der Waals surface area contributed by atoms with Gasteiger partial charge in [0.05, 0.1) is 11.3 Å². The molecule has 3 rings (SSSR count). The molecule has 2 aromatic rings. The van der Waals surface area contributed by atoms with Crippen LogP contribution in [0.25, 0.3) is 0 Å². The molecule has 1 aliphatic rings. The summed E-state index contributed by atoms with van der Waals surface area (Å²) in [5.41, 5.74) is 2.02. The predicted octanol–water partition coefficient (Wildman–Crippen LogP) is 3.93. The number of esters is 1. The number of fused-ring (bicyclic) bond motifs is 1. The molecule has 1 aromatic heterocycles. The van der Waals surface area contributed by atoms with Crippen LogP contribution >= 0.6 is 11.3 Å². The first-order valence-electron chi connectivity index (χ1n) is 8.68. The summed E-state index contributed by atoms with van der Waals surface area (Å²) in [6, 6.07) is 10.6. The van der Waals surface area contributed by atoms with Crippen LogP contribution in [-0.4, -0.2) is 18.5 Å². The molecule has 0 radical (unpaired) electrons. The molecule has 6 heteroatoms. The van der Waals surface area contributed by atoms with Crippen LogP contribution in [0.4, 0.5) is 5.69 Å². The van der Waals surface area contributed by atoms with Crippen molar-refractivity contribution in [1.82, 2.24) is 0 Å². The molecule has 0 fully saturated rings. The number of amides is 1. The number of rotatable bonds is 5. The number of aryl methyl sites for hydroxylation is 1. The Hall–Kier alpha value is -2.65. The normalized spacial score (nSPS) is 15.6. The molecule has 5 nitrogen and oxygen atoms in total. The second kappa shape index (κ2) is 8.15. The Balaban J connectivity index is 1.57. The van der Waals surface area contributed by atoms with E-state index in [1.807, 2.05) is 12.1 Å². The van der Waals surface area contributed by atoms with Crippen LogP contribution in [0.3, 0.4) is 0 Å². The molecule has 0 aliphatic heterocycles. The molecule has 1 aromatic carbocycles. The van der Waals surface area contributed by atoms with E-state index in [9.17, 15) is 9.59 Å². The number of thiophene rings is 1. The number of carbonyl (C=O) groups is 2. The molecule has 1 amide bonds. The average Bonchev–Trinajstić information content (AvgIpc) is 3.09. The Bertz CT molecular complexity index is 866. The van der Waals surface area contributed by atoms with Gasteiger partial charge in [-0.05, 0) is 48.9 Å². The Morgan fingerprint density at radius 3 is 2.96 bits per heavy atom. The van der Waals surface area contributed by atoms with E-state index in [-0.39, 0.29) is 6.61 Å². The third-order valence-electron chi connectivity index (χ3n) is 4.62. The summed E-state index contributed by atoms with van der Waals surface area (Å²) < 4.78 is 5.14. The lowest BCUT2D eigenvalue weighted by molar-refractivity contribution is -0.119. The first kappa shape index (κ1) is 18.2. The van der Waals surface area contributed by atoms with Crippen molar-refractivity contribution in [3.63, 3.8) is 0 Å². The van der Waals surface area contributed by atoms with E-state index in [0.717, 1.165) is 19.3 Å². The lowest BCUT2D eigenvalue weighted by Gasteiger charge is -2.19. The predicted molar refractivity (Wildman–Crippen MR) is 100 cm³/mol. The first-order valence-corrected chi connectivity index (χ1v) is 9.50. The zero-order valence-corrected chi connectivity index (χ0v) is 15.4. The standard InChI is InChI=1S/C20H20N2O3S/c1-2-13-7-8-17-15(9-13)10-18(26-17)20(24)25-12-19(23)22-16-6-4-3-5-14(16)11-21/h3-6,10,13H,2,7-9,12H2,1H3,(H,22,23). The third-order valence-corrected chi connectivity index (χ3v) is 5.84. The van der Waals surface area contributed by atoms with Gasteiger partial charge in [-0.25, -0.2) is 4.79 Å². The van der Waals surface area contributed by atoms with Gasteiger partial charge in [-0.3, -0.25) is 4.79 Å². The molecule has 134 valence electrons. The second-order valence-electron chi connectivity index (χ2n) is 6.36. The minimum Gasteiger partial charge on any atom is -0.451 e. The summed E-state index contributed by atoms with van der Waals surface area (Å²) in [5, 5.41) is 11.6. The molecule has 1 unspecified atom stereocenters. The Labute approximate surface area is 156 Å². The van der Waals surface area contributed by atoms with Crippen molar-refractivity contribution in [2.24, 2.45) is 5.92 Å². The number of hydrogen-bond donors (Lipinski definition) is 1. The lowest BCUT2D eigenvalue weighted by atomic mass is 9.87.